The van der Waals surface area contributed by atoms with Crippen LogP contribution in [0.2, 0.25) is 0 Å². The number of ether oxygens (including phenoxy) is 2. The van der Waals surface area contributed by atoms with Gasteiger partial charge in [0.15, 0.2) is 22.5 Å². The maximum atomic E-state index is 12.5. The Labute approximate surface area is 234 Å². The Morgan fingerprint density at radius 1 is 1.10 bits per heavy atom. The number of hydrazone groups is 1. The maximum Gasteiger partial charge on any atom is 0.340 e. The second kappa shape index (κ2) is 13.3. The summed E-state index contributed by atoms with van der Waals surface area (Å²) in [6, 6.07) is 17.3. The molecule has 40 heavy (non-hydrogen) atoms. The zero-order valence-corrected chi connectivity index (χ0v) is 22.8. The number of aromatic carboxylic acids is 1. The lowest BCUT2D eigenvalue weighted by molar-refractivity contribution is -0.118. The summed E-state index contributed by atoms with van der Waals surface area (Å²) >= 11 is 1.20. The monoisotopic (exact) mass is 560 g/mol. The van der Waals surface area contributed by atoms with Gasteiger partial charge in [-0.2, -0.15) is 5.10 Å². The number of nitrogens with zero attached hydrogens (tertiary/aromatic N) is 4. The van der Waals surface area contributed by atoms with Gasteiger partial charge in [0.2, 0.25) is 0 Å². The molecular weight excluding hydrogens is 532 g/mol. The maximum absolute atomic E-state index is 12.5. The fourth-order valence-corrected chi connectivity index (χ4v) is 4.79. The van der Waals surface area contributed by atoms with Crippen LogP contribution >= 0.6 is 11.8 Å². The lowest BCUT2D eigenvalue weighted by atomic mass is 10.1. The van der Waals surface area contributed by atoms with E-state index in [1.807, 2.05) is 28.8 Å². The minimum Gasteiger partial charge on any atom is -0.493 e. The number of thioether (sulfide) groups is 1. The van der Waals surface area contributed by atoms with Crippen LogP contribution in [0.4, 0.5) is 5.69 Å². The van der Waals surface area contributed by atoms with Crippen LogP contribution in [-0.4, -0.2) is 57.9 Å². The summed E-state index contributed by atoms with van der Waals surface area (Å²) in [6.45, 7) is 4.73. The molecule has 0 spiro atoms. The predicted molar refractivity (Wildman–Crippen MR) is 154 cm³/mol. The lowest BCUT2D eigenvalue weighted by Crippen LogP contribution is -2.20. The van der Waals surface area contributed by atoms with Crippen LogP contribution in [0.15, 0.2) is 77.5 Å². The number of carbonyl (C=O) groups is 2. The predicted octanol–water partition coefficient (Wildman–Crippen LogP) is 4.19. The van der Waals surface area contributed by atoms with Crippen molar-refractivity contribution in [2.24, 2.45) is 5.10 Å². The van der Waals surface area contributed by atoms with Crippen LogP contribution < -0.4 is 20.2 Å². The molecular formula is C28H28N6O5S. The molecule has 1 heterocycles. The number of methoxy groups -OCH3 is 2. The molecule has 11 nitrogen and oxygen atoms in total. The molecule has 0 aliphatic heterocycles. The standard InChI is InChI=1S/C28H28N6O5S/c1-4-14-34-23(16-29-21-11-7-9-18-8-5-6-10-20(18)21)31-33-28(34)40-17-24(35)32-30-15-19-12-13-22(38-2)26(39-3)25(19)27(36)37/h4-13,15,29H,1,14,16-17H2,2-3H3,(H,32,35)(H,36,37)/b30-15-. The summed E-state index contributed by atoms with van der Waals surface area (Å²) in [5, 5.41) is 28.3. The van der Waals surface area contributed by atoms with Gasteiger partial charge in [0.05, 0.1) is 32.7 Å². The van der Waals surface area contributed by atoms with Crippen molar-refractivity contribution in [2.75, 3.05) is 25.3 Å². The van der Waals surface area contributed by atoms with Crippen LogP contribution in [0, 0.1) is 0 Å². The van der Waals surface area contributed by atoms with E-state index >= 15 is 0 Å². The van der Waals surface area contributed by atoms with Crippen molar-refractivity contribution in [3.63, 3.8) is 0 Å². The van der Waals surface area contributed by atoms with E-state index < -0.39 is 11.9 Å². The van der Waals surface area contributed by atoms with Crippen LogP contribution in [0.5, 0.6) is 11.5 Å². The number of fused-ring (bicyclic) bond motifs is 1. The van der Waals surface area contributed by atoms with Gasteiger partial charge < -0.3 is 24.5 Å². The number of nitrogens with one attached hydrogen (secondary N) is 2. The number of allylic oxidation sites excluding steroid dienone is 1. The summed E-state index contributed by atoms with van der Waals surface area (Å²) in [5.41, 5.74) is 3.51. The first kappa shape index (κ1) is 28.2. The Morgan fingerprint density at radius 3 is 2.65 bits per heavy atom. The summed E-state index contributed by atoms with van der Waals surface area (Å²) in [6.07, 6.45) is 2.98. The van der Waals surface area contributed by atoms with E-state index in [2.05, 4.69) is 50.8 Å². The zero-order chi connectivity index (χ0) is 28.5. The van der Waals surface area contributed by atoms with E-state index in [0.717, 1.165) is 16.5 Å². The van der Waals surface area contributed by atoms with Crippen molar-refractivity contribution in [3.8, 4) is 11.5 Å². The molecule has 1 aromatic heterocycles. The molecule has 0 aliphatic rings. The molecule has 0 saturated carbocycles. The highest BCUT2D eigenvalue weighted by atomic mass is 32.2. The molecule has 12 heteroatoms. The summed E-state index contributed by atoms with van der Waals surface area (Å²) in [7, 11) is 2.76. The van der Waals surface area contributed by atoms with Crippen molar-refractivity contribution < 1.29 is 24.2 Å². The van der Waals surface area contributed by atoms with E-state index in [9.17, 15) is 14.7 Å². The molecule has 0 radical (unpaired) electrons. The van der Waals surface area contributed by atoms with E-state index in [0.29, 0.717) is 24.1 Å². The minimum atomic E-state index is -1.22. The molecule has 0 atom stereocenters. The van der Waals surface area contributed by atoms with E-state index in [1.165, 1.54) is 38.3 Å². The number of anilines is 1. The molecule has 0 unspecified atom stereocenters. The summed E-state index contributed by atoms with van der Waals surface area (Å²) < 4.78 is 12.2. The molecule has 0 fully saturated rings. The van der Waals surface area contributed by atoms with E-state index in [-0.39, 0.29) is 28.4 Å². The fourth-order valence-electron chi connectivity index (χ4n) is 4.03. The number of aromatic nitrogens is 3. The quantitative estimate of drug-likeness (QED) is 0.0950. The topological polar surface area (TPSA) is 140 Å². The van der Waals surface area contributed by atoms with E-state index in [4.69, 9.17) is 9.47 Å². The normalized spacial score (nSPS) is 10.9. The van der Waals surface area contributed by atoms with Crippen molar-refractivity contribution in [3.05, 3.63) is 84.2 Å². The third kappa shape index (κ3) is 6.41. The minimum absolute atomic E-state index is 0.0150. The average Bonchev–Trinajstić information content (AvgIpc) is 3.35. The number of amides is 1. The van der Waals surface area contributed by atoms with Crippen molar-refractivity contribution in [1.82, 2.24) is 20.2 Å². The Balaban J connectivity index is 1.39. The van der Waals surface area contributed by atoms with Gasteiger partial charge in [-0.05, 0) is 23.6 Å². The average molecular weight is 561 g/mol. The number of benzene rings is 3. The van der Waals surface area contributed by atoms with Crippen LogP contribution in [0.1, 0.15) is 21.7 Å². The number of hydrogen-bond acceptors (Lipinski definition) is 9. The Hall–Kier alpha value is -4.84. The number of carbonyl (C=O) groups excluding carboxylic acids is 1. The number of hydrogen-bond donors (Lipinski definition) is 3. The fraction of sp³-hybridized carbons (Fsp3) is 0.179. The van der Waals surface area contributed by atoms with Crippen LogP contribution in [0.25, 0.3) is 10.8 Å². The SMILES string of the molecule is C=CCn1c(CNc2cccc3ccccc23)nnc1SCC(=O)N/N=C\c1ccc(OC)c(OC)c1C(=O)O. The first-order chi connectivity index (χ1) is 19.5. The Morgan fingerprint density at radius 2 is 1.90 bits per heavy atom. The van der Waals surface area contributed by atoms with Crippen LogP contribution in [-0.2, 0) is 17.9 Å². The number of rotatable bonds is 13. The van der Waals surface area contributed by atoms with Gasteiger partial charge in [-0.15, -0.1) is 16.8 Å². The molecule has 206 valence electrons. The summed E-state index contributed by atoms with van der Waals surface area (Å²) in [5.74, 6) is -0.570. The lowest BCUT2D eigenvalue weighted by Gasteiger charge is -2.12. The van der Waals surface area contributed by atoms with Gasteiger partial charge in [-0.1, -0.05) is 54.2 Å². The van der Waals surface area contributed by atoms with Gasteiger partial charge in [0.1, 0.15) is 5.56 Å². The second-order valence-corrected chi connectivity index (χ2v) is 9.27. The number of carboxylic acids is 1. The second-order valence-electron chi connectivity index (χ2n) is 8.33. The van der Waals surface area contributed by atoms with Gasteiger partial charge >= 0.3 is 5.97 Å². The Bertz CT molecular complexity index is 1560. The molecule has 0 aliphatic carbocycles. The molecule has 3 aromatic carbocycles. The van der Waals surface area contributed by atoms with Crippen molar-refractivity contribution >= 4 is 46.3 Å². The van der Waals surface area contributed by atoms with Gasteiger partial charge in [-0.3, -0.25) is 4.79 Å². The van der Waals surface area contributed by atoms with Crippen LogP contribution in [0.3, 0.4) is 0 Å². The molecule has 0 saturated heterocycles. The molecule has 4 aromatic rings. The Kier molecular flexibility index (Phi) is 9.36. The molecule has 0 bridgehead atoms. The highest BCUT2D eigenvalue weighted by molar-refractivity contribution is 7.99. The van der Waals surface area contributed by atoms with Crippen molar-refractivity contribution in [2.45, 2.75) is 18.2 Å². The highest BCUT2D eigenvalue weighted by Gasteiger charge is 2.20. The smallest absolute Gasteiger partial charge is 0.340 e. The van der Waals surface area contributed by atoms with Gasteiger partial charge in [-0.25, -0.2) is 10.2 Å². The van der Waals surface area contributed by atoms with Gasteiger partial charge in [0.25, 0.3) is 5.91 Å². The third-order valence-corrected chi connectivity index (χ3v) is 6.82. The third-order valence-electron chi connectivity index (χ3n) is 5.85. The zero-order valence-electron chi connectivity index (χ0n) is 22.0. The number of carboxylic acid groups (broad SMARTS) is 1. The molecule has 1 amide bonds. The largest absolute Gasteiger partial charge is 0.493 e. The first-order valence-electron chi connectivity index (χ1n) is 12.1. The molecule has 3 N–H and O–H groups in total. The van der Waals surface area contributed by atoms with E-state index in [1.54, 1.807) is 12.1 Å². The molecule has 4 rings (SSSR count). The first-order valence-corrected chi connectivity index (χ1v) is 13.1. The highest BCUT2D eigenvalue weighted by Crippen LogP contribution is 2.33. The van der Waals surface area contributed by atoms with Crippen molar-refractivity contribution in [1.29, 1.82) is 0 Å². The summed E-state index contributed by atoms with van der Waals surface area (Å²) in [4.78, 5) is 24.2. The van der Waals surface area contributed by atoms with Gasteiger partial charge in [0, 0.05) is 23.2 Å².